The molecule has 2 rings (SSSR count). The molecule has 1 aromatic heterocycles. The Morgan fingerprint density at radius 1 is 1.30 bits per heavy atom. The molecule has 0 radical (unpaired) electrons. The van der Waals surface area contributed by atoms with Gasteiger partial charge in [0.1, 0.15) is 6.04 Å². The third-order valence-electron chi connectivity index (χ3n) is 2.43. The quantitative estimate of drug-likeness (QED) is 0.576. The smallest absolute Gasteiger partial charge is 0.652 e. The summed E-state index contributed by atoms with van der Waals surface area (Å²) in [6.45, 7) is 0. The normalized spacial score (nSPS) is 10.8. The van der Waals surface area contributed by atoms with Gasteiger partial charge in [-0.15, -0.1) is 0 Å². The second kappa shape index (κ2) is 8.80. The van der Waals surface area contributed by atoms with Gasteiger partial charge in [-0.3, -0.25) is 4.79 Å². The fourth-order valence-corrected chi connectivity index (χ4v) is 1.62. The number of para-hydroxylation sites is 1. The van der Waals surface area contributed by atoms with Crippen LogP contribution in [0, 0.1) is 0 Å². The van der Waals surface area contributed by atoms with Crippen LogP contribution in [-0.2, 0) is 11.2 Å². The Morgan fingerprint density at radius 2 is 1.85 bits per heavy atom. The van der Waals surface area contributed by atoms with Crippen molar-refractivity contribution in [1.82, 2.24) is 4.98 Å². The zero-order valence-corrected chi connectivity index (χ0v) is 12.7. The molecule has 0 aliphatic carbocycles. The maximum atomic E-state index is 10.6. The molecule has 0 aliphatic rings. The van der Waals surface area contributed by atoms with Gasteiger partial charge < -0.3 is 30.8 Å². The number of carboxylic acids is 1. The molecule has 0 bridgehead atoms. The first kappa shape index (κ1) is 18.7. The molecule has 0 spiro atoms. The van der Waals surface area contributed by atoms with Crippen LogP contribution in [0.5, 0.6) is 0 Å². The number of carbonyl (C=O) groups excluding carboxylic acids is 1. The zero-order chi connectivity index (χ0) is 14.4. The summed E-state index contributed by atoms with van der Waals surface area (Å²) in [4.78, 5) is 22.0. The predicted octanol–water partition coefficient (Wildman–Crippen LogP) is -1.71. The number of benzene rings is 1. The molecule has 0 aliphatic heterocycles. The van der Waals surface area contributed by atoms with E-state index in [0.29, 0.717) is 6.42 Å². The Morgan fingerprint density at radius 3 is 2.40 bits per heavy atom. The number of aromatic amines is 1. The van der Waals surface area contributed by atoms with Gasteiger partial charge in [-0.1, -0.05) is 18.2 Å². The second-order valence-electron chi connectivity index (χ2n) is 3.76. The van der Waals surface area contributed by atoms with Gasteiger partial charge in [-0.25, -0.2) is 0 Å². The number of nitrogens with one attached hydrogen (secondary N) is 1. The van der Waals surface area contributed by atoms with E-state index in [4.69, 9.17) is 25.8 Å². The Labute approximate surface area is 144 Å². The van der Waals surface area contributed by atoms with Crippen molar-refractivity contribution in [2.75, 3.05) is 0 Å². The number of H-pyrrole nitrogens is 1. The molecule has 1 aromatic carbocycles. The van der Waals surface area contributed by atoms with Crippen molar-refractivity contribution in [3.8, 4) is 0 Å². The molecule has 1 heterocycles. The molecule has 0 amide bonds. The number of nitrogens with two attached hydrogens (primary N) is 1. The summed E-state index contributed by atoms with van der Waals surface area (Å²) in [6, 6.07) is 6.91. The fraction of sp³-hybridized carbons (Fsp3) is 0.167. The fourth-order valence-electron chi connectivity index (χ4n) is 1.62. The number of rotatable bonds is 3. The number of hydrogen-bond acceptors (Lipinski definition) is 5. The predicted molar refractivity (Wildman–Crippen MR) is 68.8 cm³/mol. The van der Waals surface area contributed by atoms with Gasteiger partial charge >= 0.3 is 43.7 Å². The van der Waals surface area contributed by atoms with Crippen LogP contribution in [0.25, 0.3) is 10.9 Å². The third kappa shape index (κ3) is 5.79. The van der Waals surface area contributed by atoms with Crippen molar-refractivity contribution in [3.63, 3.8) is 0 Å². The molecule has 2 aromatic rings. The maximum Gasteiger partial charge on any atom is 2.00 e. The summed E-state index contributed by atoms with van der Waals surface area (Å²) in [6.07, 6.45) is -0.174. The van der Waals surface area contributed by atoms with E-state index in [1.807, 2.05) is 30.5 Å². The Balaban J connectivity index is 0.000000644. The standard InChI is InChI=1S/C11H12N2O2.CH2O3.Ca/c12-9(11(14)15)5-7-6-13-10-4-2-1-3-8(7)10;2-1(3)4;/h1-4,6,9,13H,5,12H2,(H,14,15);(H2,2,3,4);/q;;+2/p-2/t9-;;/m0../s1. The molecule has 1 atom stereocenters. The number of carboxylic acid groups (broad SMARTS) is 3. The van der Waals surface area contributed by atoms with E-state index in [0.717, 1.165) is 16.5 Å². The molecular weight excluding hydrogens is 292 g/mol. The van der Waals surface area contributed by atoms with Crippen LogP contribution >= 0.6 is 0 Å². The van der Waals surface area contributed by atoms with Crippen molar-refractivity contribution in [1.29, 1.82) is 0 Å². The van der Waals surface area contributed by atoms with Crippen molar-refractivity contribution in [2.24, 2.45) is 5.73 Å². The third-order valence-corrected chi connectivity index (χ3v) is 2.43. The summed E-state index contributed by atoms with van der Waals surface area (Å²) >= 11 is 0. The molecule has 7 nitrogen and oxygen atoms in total. The number of fused-ring (bicyclic) bond motifs is 1. The number of carbonyl (C=O) groups is 2. The van der Waals surface area contributed by atoms with Gasteiger partial charge in [0.15, 0.2) is 0 Å². The Kier molecular flexibility index (Phi) is 8.24. The topological polar surface area (TPSA) is 142 Å². The molecule has 102 valence electrons. The van der Waals surface area contributed by atoms with E-state index in [-0.39, 0.29) is 37.7 Å². The van der Waals surface area contributed by atoms with Gasteiger partial charge in [0.25, 0.3) is 0 Å². The van der Waals surface area contributed by atoms with Crippen LogP contribution in [0.3, 0.4) is 0 Å². The van der Waals surface area contributed by atoms with Crippen molar-refractivity contribution in [3.05, 3.63) is 36.0 Å². The zero-order valence-electron chi connectivity index (χ0n) is 10.5. The van der Waals surface area contributed by atoms with E-state index >= 15 is 0 Å². The molecule has 20 heavy (non-hydrogen) atoms. The summed E-state index contributed by atoms with van der Waals surface area (Å²) in [7, 11) is 0. The molecule has 4 N–H and O–H groups in total. The summed E-state index contributed by atoms with van der Waals surface area (Å²) in [5.74, 6) is -0.972. The van der Waals surface area contributed by atoms with E-state index in [1.54, 1.807) is 0 Å². The molecule has 0 saturated carbocycles. The van der Waals surface area contributed by atoms with Crippen LogP contribution in [0.4, 0.5) is 4.79 Å². The first-order valence-electron chi connectivity index (χ1n) is 5.33. The first-order chi connectivity index (χ1) is 8.91. The minimum absolute atomic E-state index is 0. The van der Waals surface area contributed by atoms with E-state index < -0.39 is 18.2 Å². The molecule has 0 fully saturated rings. The first-order valence-corrected chi connectivity index (χ1v) is 5.33. The van der Waals surface area contributed by atoms with Crippen LogP contribution in [0.15, 0.2) is 30.5 Å². The van der Waals surface area contributed by atoms with Crippen molar-refractivity contribution < 1.29 is 24.9 Å². The maximum absolute atomic E-state index is 10.6. The van der Waals surface area contributed by atoms with Gasteiger partial charge in [-0.05, 0) is 17.8 Å². The minimum atomic E-state index is -2.33. The molecule has 0 saturated heterocycles. The van der Waals surface area contributed by atoms with Gasteiger partial charge in [0, 0.05) is 23.5 Å². The van der Waals surface area contributed by atoms with Crippen LogP contribution in [0.2, 0.25) is 0 Å². The van der Waals surface area contributed by atoms with Crippen LogP contribution in [-0.4, -0.2) is 66.0 Å². The van der Waals surface area contributed by atoms with Crippen molar-refractivity contribution >= 4 is 60.8 Å². The minimum Gasteiger partial charge on any atom is -0.652 e. The number of aliphatic carboxylic acids is 1. The average Bonchev–Trinajstić information content (AvgIpc) is 2.72. The molecule has 8 heteroatoms. The second-order valence-corrected chi connectivity index (χ2v) is 3.76. The van der Waals surface area contributed by atoms with Crippen LogP contribution < -0.4 is 15.9 Å². The number of hydrogen-bond donors (Lipinski definition) is 3. The van der Waals surface area contributed by atoms with E-state index in [2.05, 4.69) is 4.98 Å². The largest absolute Gasteiger partial charge is 2.00 e. The van der Waals surface area contributed by atoms with Gasteiger partial charge in [-0.2, -0.15) is 0 Å². The monoisotopic (exact) mass is 304 g/mol. The van der Waals surface area contributed by atoms with Crippen molar-refractivity contribution in [2.45, 2.75) is 12.5 Å². The average molecular weight is 304 g/mol. The van der Waals surface area contributed by atoms with E-state index in [9.17, 15) is 4.79 Å². The Hall–Kier alpha value is -1.28. The van der Waals surface area contributed by atoms with Crippen LogP contribution in [0.1, 0.15) is 5.56 Å². The number of aromatic nitrogens is 1. The summed E-state index contributed by atoms with van der Waals surface area (Å²) < 4.78 is 0. The van der Waals surface area contributed by atoms with E-state index in [1.165, 1.54) is 0 Å². The van der Waals surface area contributed by atoms with Gasteiger partial charge in [0.2, 0.25) is 0 Å². The van der Waals surface area contributed by atoms with Gasteiger partial charge in [0.05, 0.1) is 0 Å². The summed E-state index contributed by atoms with van der Waals surface area (Å²) in [5.41, 5.74) is 7.43. The molecular formula is C12H12CaN2O5. The summed E-state index contributed by atoms with van der Waals surface area (Å²) in [5, 5.41) is 26.4. The SMILES string of the molecule is N[C@@H](Cc1c[nH]c2ccccc12)C(=O)O.O=C([O-])[O-].[Ca+2]. The molecule has 0 unspecified atom stereocenters. The Bertz CT molecular complexity index is 580.